The average Bonchev–Trinajstić information content (AvgIpc) is 2.46. The lowest BCUT2D eigenvalue weighted by Gasteiger charge is -2.35. The van der Waals surface area contributed by atoms with Gasteiger partial charge in [-0.3, -0.25) is 9.78 Å². The van der Waals surface area contributed by atoms with Crippen LogP contribution >= 0.6 is 11.6 Å². The van der Waals surface area contributed by atoms with Gasteiger partial charge in [0.2, 0.25) is 0 Å². The Bertz CT molecular complexity index is 471. The summed E-state index contributed by atoms with van der Waals surface area (Å²) in [6.45, 7) is 2.45. The Morgan fingerprint density at radius 1 is 1.55 bits per heavy atom. The third kappa shape index (κ3) is 3.70. The third-order valence-corrected chi connectivity index (χ3v) is 4.53. The summed E-state index contributed by atoms with van der Waals surface area (Å²) in [6.07, 6.45) is 7.67. The van der Waals surface area contributed by atoms with Crippen molar-refractivity contribution in [2.75, 3.05) is 6.54 Å². The van der Waals surface area contributed by atoms with Gasteiger partial charge in [-0.1, -0.05) is 24.9 Å². The van der Waals surface area contributed by atoms with Crippen LogP contribution in [0, 0.1) is 5.92 Å². The standard InChI is InChI=1S/C15H21ClN2O2/c1-2-11-3-6-15(20,7-4-11)10-18-14(19)12-9-17-8-5-13(12)16/h5,8-9,11,20H,2-4,6-7,10H2,1H3,(H,18,19). The zero-order valence-corrected chi connectivity index (χ0v) is 12.5. The molecule has 1 aromatic rings. The van der Waals surface area contributed by atoms with Gasteiger partial charge in [0.05, 0.1) is 16.2 Å². The fourth-order valence-corrected chi connectivity index (χ4v) is 2.88. The first-order chi connectivity index (χ1) is 9.54. The molecule has 1 amide bonds. The summed E-state index contributed by atoms with van der Waals surface area (Å²) >= 11 is 5.95. The van der Waals surface area contributed by atoms with Crippen molar-refractivity contribution in [1.82, 2.24) is 10.3 Å². The van der Waals surface area contributed by atoms with E-state index < -0.39 is 5.60 Å². The molecule has 1 aliphatic rings. The highest BCUT2D eigenvalue weighted by Crippen LogP contribution is 2.33. The van der Waals surface area contributed by atoms with Crippen molar-refractivity contribution in [3.63, 3.8) is 0 Å². The molecule has 0 unspecified atom stereocenters. The van der Waals surface area contributed by atoms with Gasteiger partial charge in [-0.15, -0.1) is 0 Å². The lowest BCUT2D eigenvalue weighted by molar-refractivity contribution is -0.00786. The quantitative estimate of drug-likeness (QED) is 0.898. The van der Waals surface area contributed by atoms with Crippen LogP contribution in [-0.4, -0.2) is 28.1 Å². The fourth-order valence-electron chi connectivity index (χ4n) is 2.68. The number of carbonyl (C=O) groups excluding carboxylic acids is 1. The van der Waals surface area contributed by atoms with Crippen LogP contribution < -0.4 is 5.32 Å². The number of amides is 1. The predicted octanol–water partition coefficient (Wildman–Crippen LogP) is 2.80. The Labute approximate surface area is 124 Å². The molecule has 0 spiro atoms. The molecule has 0 bridgehead atoms. The van der Waals surface area contributed by atoms with Crippen molar-refractivity contribution in [2.24, 2.45) is 5.92 Å². The smallest absolute Gasteiger partial charge is 0.254 e. The molecule has 0 atom stereocenters. The number of aliphatic hydroxyl groups is 1. The molecular formula is C15H21ClN2O2. The van der Waals surface area contributed by atoms with Gasteiger partial charge in [-0.05, 0) is 37.7 Å². The molecule has 20 heavy (non-hydrogen) atoms. The van der Waals surface area contributed by atoms with Crippen LogP contribution in [0.1, 0.15) is 49.4 Å². The van der Waals surface area contributed by atoms with Gasteiger partial charge < -0.3 is 10.4 Å². The van der Waals surface area contributed by atoms with Crippen molar-refractivity contribution >= 4 is 17.5 Å². The maximum absolute atomic E-state index is 12.0. The first-order valence-electron chi connectivity index (χ1n) is 7.14. The van der Waals surface area contributed by atoms with Crippen LogP contribution in [0.3, 0.4) is 0 Å². The highest BCUT2D eigenvalue weighted by Gasteiger charge is 2.33. The normalized spacial score (nSPS) is 26.2. The van der Waals surface area contributed by atoms with Gasteiger partial charge in [-0.25, -0.2) is 0 Å². The first kappa shape index (κ1) is 15.3. The van der Waals surface area contributed by atoms with Crippen LogP contribution in [0.25, 0.3) is 0 Å². The molecular weight excluding hydrogens is 276 g/mol. The van der Waals surface area contributed by atoms with E-state index in [0.29, 0.717) is 16.5 Å². The maximum Gasteiger partial charge on any atom is 0.254 e. The molecule has 1 heterocycles. The summed E-state index contributed by atoms with van der Waals surface area (Å²) in [5, 5.41) is 13.6. The summed E-state index contributed by atoms with van der Waals surface area (Å²) in [4.78, 5) is 15.9. The topological polar surface area (TPSA) is 62.2 Å². The average molecular weight is 297 g/mol. The molecule has 2 rings (SSSR count). The van der Waals surface area contributed by atoms with Crippen molar-refractivity contribution in [1.29, 1.82) is 0 Å². The number of hydrogen-bond donors (Lipinski definition) is 2. The summed E-state index contributed by atoms with van der Waals surface area (Å²) in [5.74, 6) is 0.424. The third-order valence-electron chi connectivity index (χ3n) is 4.20. The first-order valence-corrected chi connectivity index (χ1v) is 7.52. The number of carbonyl (C=O) groups is 1. The van der Waals surface area contributed by atoms with Crippen LogP contribution in [0.5, 0.6) is 0 Å². The number of halogens is 1. The number of nitrogens with one attached hydrogen (secondary N) is 1. The van der Waals surface area contributed by atoms with Crippen molar-refractivity contribution in [3.8, 4) is 0 Å². The molecule has 1 fully saturated rings. The molecule has 0 radical (unpaired) electrons. The molecule has 0 aliphatic heterocycles. The highest BCUT2D eigenvalue weighted by molar-refractivity contribution is 6.33. The van der Waals surface area contributed by atoms with E-state index >= 15 is 0 Å². The molecule has 1 aromatic heterocycles. The van der Waals surface area contributed by atoms with Crippen molar-refractivity contribution in [3.05, 3.63) is 29.0 Å². The number of hydrogen-bond acceptors (Lipinski definition) is 3. The molecule has 4 nitrogen and oxygen atoms in total. The van der Waals surface area contributed by atoms with Gasteiger partial charge in [-0.2, -0.15) is 0 Å². The van der Waals surface area contributed by atoms with Gasteiger partial charge in [0.1, 0.15) is 0 Å². The molecule has 1 aliphatic carbocycles. The molecule has 0 aromatic carbocycles. The maximum atomic E-state index is 12.0. The summed E-state index contributed by atoms with van der Waals surface area (Å²) in [6, 6.07) is 1.58. The Hall–Kier alpha value is -1.13. The zero-order chi connectivity index (χ0) is 14.6. The minimum atomic E-state index is -0.782. The van der Waals surface area contributed by atoms with E-state index in [2.05, 4.69) is 17.2 Å². The lowest BCUT2D eigenvalue weighted by Crippen LogP contribution is -2.45. The van der Waals surface area contributed by atoms with E-state index in [1.807, 2.05) is 0 Å². The van der Waals surface area contributed by atoms with Crippen molar-refractivity contribution < 1.29 is 9.90 Å². The number of nitrogens with zero attached hydrogens (tertiary/aromatic N) is 1. The number of aromatic nitrogens is 1. The van der Waals surface area contributed by atoms with Crippen LogP contribution in [0.4, 0.5) is 0 Å². The fraction of sp³-hybridized carbons (Fsp3) is 0.600. The number of pyridine rings is 1. The van der Waals surface area contributed by atoms with Crippen LogP contribution in [-0.2, 0) is 0 Å². The minimum Gasteiger partial charge on any atom is -0.388 e. The molecule has 2 N–H and O–H groups in total. The van der Waals surface area contributed by atoms with Gasteiger partial charge in [0.15, 0.2) is 0 Å². The number of rotatable bonds is 4. The van der Waals surface area contributed by atoms with Gasteiger partial charge >= 0.3 is 0 Å². The zero-order valence-electron chi connectivity index (χ0n) is 11.7. The molecule has 0 saturated heterocycles. The summed E-state index contributed by atoms with van der Waals surface area (Å²) in [5.41, 5.74) is -0.434. The van der Waals surface area contributed by atoms with E-state index in [1.54, 1.807) is 12.3 Å². The summed E-state index contributed by atoms with van der Waals surface area (Å²) < 4.78 is 0. The SMILES string of the molecule is CCC1CCC(O)(CNC(=O)c2cnccc2Cl)CC1. The molecule has 1 saturated carbocycles. The van der Waals surface area contributed by atoms with Gasteiger partial charge in [0, 0.05) is 18.9 Å². The molecule has 110 valence electrons. The van der Waals surface area contributed by atoms with Crippen LogP contribution in [0.2, 0.25) is 5.02 Å². The Morgan fingerprint density at radius 2 is 2.25 bits per heavy atom. The van der Waals surface area contributed by atoms with E-state index in [1.165, 1.54) is 6.20 Å². The Balaban J connectivity index is 1.89. The monoisotopic (exact) mass is 296 g/mol. The van der Waals surface area contributed by atoms with E-state index in [9.17, 15) is 9.90 Å². The second-order valence-electron chi connectivity index (χ2n) is 5.61. The highest BCUT2D eigenvalue weighted by atomic mass is 35.5. The Morgan fingerprint density at radius 3 is 2.85 bits per heavy atom. The second-order valence-corrected chi connectivity index (χ2v) is 6.02. The minimum absolute atomic E-state index is 0.271. The lowest BCUT2D eigenvalue weighted by atomic mass is 9.78. The van der Waals surface area contributed by atoms with Crippen LogP contribution in [0.15, 0.2) is 18.5 Å². The largest absolute Gasteiger partial charge is 0.388 e. The predicted molar refractivity (Wildman–Crippen MR) is 78.8 cm³/mol. The summed E-state index contributed by atoms with van der Waals surface area (Å²) in [7, 11) is 0. The second kappa shape index (κ2) is 6.55. The van der Waals surface area contributed by atoms with Crippen molar-refractivity contribution in [2.45, 2.75) is 44.6 Å². The van der Waals surface area contributed by atoms with E-state index in [0.717, 1.165) is 32.1 Å². The van der Waals surface area contributed by atoms with E-state index in [4.69, 9.17) is 11.6 Å². The van der Waals surface area contributed by atoms with E-state index in [-0.39, 0.29) is 12.5 Å². The van der Waals surface area contributed by atoms with Gasteiger partial charge in [0.25, 0.3) is 5.91 Å². The molecule has 5 heteroatoms. The Kier molecular flexibility index (Phi) is 5.00.